The number of fused-ring (bicyclic) bond motifs is 4. The van der Waals surface area contributed by atoms with Crippen LogP contribution in [0.4, 0.5) is 0 Å². The summed E-state index contributed by atoms with van der Waals surface area (Å²) in [6, 6.07) is 0. The Hall–Kier alpha value is -0.600. The molecule has 0 aromatic rings. The van der Waals surface area contributed by atoms with Crippen LogP contribution in [-0.4, -0.2) is 21.9 Å². The van der Waals surface area contributed by atoms with Crippen LogP contribution in [0.15, 0.2) is 23.3 Å². The maximum absolute atomic E-state index is 10.5. The van der Waals surface area contributed by atoms with Gasteiger partial charge in [0.05, 0.1) is 11.7 Å². The van der Waals surface area contributed by atoms with Crippen LogP contribution < -0.4 is 0 Å². The Labute approximate surface area is 177 Å². The fourth-order valence-corrected chi connectivity index (χ4v) is 8.90. The molecule has 0 bridgehead atoms. The standard InChI is InChI=1S/C27H42O2/c1-17(7-6-12-24(2,3)29)20-8-9-21-19-15-23-26(5)14-10-18(28)16-27(23,26)22(19)11-13-25(20,21)4/h11,15,17-18,20-21,23,28-29H,6-10,12-14,16H2,1-5H3/t17-,18+,20-,21?,23+,25-,26+,27+/m1/s1. The fraction of sp³-hybridized carbons (Fsp3) is 0.852. The van der Waals surface area contributed by atoms with Crippen LogP contribution in [0, 0.1) is 39.9 Å². The maximum atomic E-state index is 10.5. The Balaban J connectivity index is 1.35. The van der Waals surface area contributed by atoms with Gasteiger partial charge in [-0.25, -0.2) is 0 Å². The lowest BCUT2D eigenvalue weighted by atomic mass is 9.59. The molecule has 8 atom stereocenters. The third kappa shape index (κ3) is 2.67. The van der Waals surface area contributed by atoms with Crippen LogP contribution in [0.3, 0.4) is 0 Å². The Morgan fingerprint density at radius 3 is 2.69 bits per heavy atom. The largest absolute Gasteiger partial charge is 0.393 e. The highest BCUT2D eigenvalue weighted by molar-refractivity contribution is 5.59. The molecule has 162 valence electrons. The van der Waals surface area contributed by atoms with Crippen molar-refractivity contribution >= 4 is 0 Å². The van der Waals surface area contributed by atoms with Crippen LogP contribution in [-0.2, 0) is 0 Å². The molecule has 5 aliphatic carbocycles. The molecule has 3 fully saturated rings. The summed E-state index contributed by atoms with van der Waals surface area (Å²) >= 11 is 0. The summed E-state index contributed by atoms with van der Waals surface area (Å²) < 4.78 is 0. The molecule has 0 heterocycles. The van der Waals surface area contributed by atoms with E-state index < -0.39 is 5.60 Å². The van der Waals surface area contributed by atoms with Gasteiger partial charge in [-0.05, 0) is 104 Å². The third-order valence-corrected chi connectivity index (χ3v) is 10.5. The zero-order valence-corrected chi connectivity index (χ0v) is 19.3. The molecular weight excluding hydrogens is 356 g/mol. The quantitative estimate of drug-likeness (QED) is 0.593. The number of allylic oxidation sites excluding steroid dienone is 4. The topological polar surface area (TPSA) is 40.5 Å². The van der Waals surface area contributed by atoms with Gasteiger partial charge in [-0.15, -0.1) is 0 Å². The smallest absolute Gasteiger partial charge is 0.0591 e. The Morgan fingerprint density at radius 1 is 1.21 bits per heavy atom. The van der Waals surface area contributed by atoms with Gasteiger partial charge in [0, 0.05) is 5.41 Å². The van der Waals surface area contributed by atoms with Crippen LogP contribution in [0.1, 0.15) is 92.4 Å². The van der Waals surface area contributed by atoms with Gasteiger partial charge >= 0.3 is 0 Å². The second kappa shape index (κ2) is 6.22. The fourth-order valence-electron chi connectivity index (χ4n) is 8.90. The molecule has 0 aliphatic heterocycles. The molecule has 5 rings (SSSR count). The lowest BCUT2D eigenvalue weighted by molar-refractivity contribution is 0.0620. The van der Waals surface area contributed by atoms with Crippen LogP contribution >= 0.6 is 0 Å². The minimum atomic E-state index is -0.531. The number of hydrogen-bond acceptors (Lipinski definition) is 2. The van der Waals surface area contributed by atoms with Crippen molar-refractivity contribution in [2.45, 2.75) is 104 Å². The minimum absolute atomic E-state index is 0.0952. The van der Waals surface area contributed by atoms with Gasteiger partial charge in [0.25, 0.3) is 0 Å². The molecule has 2 nitrogen and oxygen atoms in total. The number of aliphatic hydroxyl groups excluding tert-OH is 1. The number of hydrogen-bond donors (Lipinski definition) is 2. The number of aliphatic hydroxyl groups is 2. The van der Waals surface area contributed by atoms with Gasteiger partial charge in [-0.1, -0.05) is 45.8 Å². The first-order valence-corrected chi connectivity index (χ1v) is 12.4. The van der Waals surface area contributed by atoms with E-state index in [2.05, 4.69) is 32.9 Å². The van der Waals surface area contributed by atoms with Crippen molar-refractivity contribution in [1.82, 2.24) is 0 Å². The van der Waals surface area contributed by atoms with Crippen molar-refractivity contribution in [1.29, 1.82) is 0 Å². The van der Waals surface area contributed by atoms with E-state index in [1.165, 1.54) is 32.1 Å². The average molecular weight is 399 g/mol. The van der Waals surface area contributed by atoms with E-state index in [-0.39, 0.29) is 11.5 Å². The predicted octanol–water partition coefficient (Wildman–Crippen LogP) is 6.03. The molecule has 0 amide bonds. The summed E-state index contributed by atoms with van der Waals surface area (Å²) in [5.41, 5.74) is 3.95. The maximum Gasteiger partial charge on any atom is 0.0591 e. The summed E-state index contributed by atoms with van der Waals surface area (Å²) in [5, 5.41) is 20.5. The zero-order valence-electron chi connectivity index (χ0n) is 19.3. The van der Waals surface area contributed by atoms with E-state index >= 15 is 0 Å². The van der Waals surface area contributed by atoms with Gasteiger partial charge < -0.3 is 10.2 Å². The lowest BCUT2D eigenvalue weighted by Gasteiger charge is -2.46. The minimum Gasteiger partial charge on any atom is -0.393 e. The van der Waals surface area contributed by atoms with E-state index in [1.54, 1.807) is 11.1 Å². The van der Waals surface area contributed by atoms with Crippen LogP contribution in [0.2, 0.25) is 0 Å². The molecule has 0 aromatic carbocycles. The van der Waals surface area contributed by atoms with Gasteiger partial charge in [0.15, 0.2) is 0 Å². The van der Waals surface area contributed by atoms with Crippen molar-refractivity contribution in [3.8, 4) is 0 Å². The number of rotatable bonds is 5. The normalized spacial score (nSPS) is 48.8. The molecule has 1 spiro atoms. The summed E-state index contributed by atoms with van der Waals surface area (Å²) in [5.74, 6) is 2.96. The van der Waals surface area contributed by atoms with Crippen molar-refractivity contribution < 1.29 is 10.2 Å². The van der Waals surface area contributed by atoms with Gasteiger partial charge in [0.2, 0.25) is 0 Å². The molecule has 3 saturated carbocycles. The molecular formula is C27H42O2. The van der Waals surface area contributed by atoms with E-state index in [9.17, 15) is 10.2 Å². The summed E-state index contributed by atoms with van der Waals surface area (Å²) in [6.45, 7) is 11.4. The predicted molar refractivity (Wildman–Crippen MR) is 118 cm³/mol. The zero-order chi connectivity index (χ0) is 20.8. The highest BCUT2D eigenvalue weighted by Gasteiger charge is 2.78. The monoisotopic (exact) mass is 398 g/mol. The third-order valence-electron chi connectivity index (χ3n) is 10.5. The van der Waals surface area contributed by atoms with Crippen molar-refractivity contribution in [3.63, 3.8) is 0 Å². The molecule has 2 heteroatoms. The molecule has 1 unspecified atom stereocenters. The molecule has 29 heavy (non-hydrogen) atoms. The summed E-state index contributed by atoms with van der Waals surface area (Å²) in [7, 11) is 0. The van der Waals surface area contributed by atoms with Crippen molar-refractivity contribution in [2.24, 2.45) is 39.9 Å². The van der Waals surface area contributed by atoms with Crippen molar-refractivity contribution in [2.75, 3.05) is 0 Å². The lowest BCUT2D eigenvalue weighted by Crippen LogP contribution is -2.38. The molecule has 0 saturated heterocycles. The van der Waals surface area contributed by atoms with Gasteiger partial charge in [-0.2, -0.15) is 0 Å². The Kier molecular flexibility index (Phi) is 4.36. The molecule has 0 aromatic heterocycles. The highest BCUT2D eigenvalue weighted by atomic mass is 16.3. The van der Waals surface area contributed by atoms with E-state index in [4.69, 9.17) is 0 Å². The van der Waals surface area contributed by atoms with E-state index in [0.29, 0.717) is 16.7 Å². The molecule has 5 aliphatic rings. The Morgan fingerprint density at radius 2 is 1.97 bits per heavy atom. The highest BCUT2D eigenvalue weighted by Crippen LogP contribution is 2.84. The SMILES string of the molecule is C[C@H](CCCC(C)(C)O)[C@H]1CCC2C3=C[C@H]4[C@]5(C)CC[C@H](O)C[C@]45C3=CC[C@@]21C. The van der Waals surface area contributed by atoms with Crippen LogP contribution in [0.25, 0.3) is 0 Å². The van der Waals surface area contributed by atoms with Gasteiger partial charge in [0.1, 0.15) is 0 Å². The summed E-state index contributed by atoms with van der Waals surface area (Å²) in [4.78, 5) is 0. The average Bonchev–Trinajstić information content (AvgIpc) is 2.91. The van der Waals surface area contributed by atoms with E-state index in [1.807, 2.05) is 13.8 Å². The van der Waals surface area contributed by atoms with Gasteiger partial charge in [-0.3, -0.25) is 0 Å². The first-order valence-electron chi connectivity index (χ1n) is 12.4. The molecule has 0 radical (unpaired) electrons. The van der Waals surface area contributed by atoms with Crippen molar-refractivity contribution in [3.05, 3.63) is 23.3 Å². The first-order chi connectivity index (χ1) is 13.5. The second-order valence-corrected chi connectivity index (χ2v) is 12.6. The molecule has 2 N–H and O–H groups in total. The first kappa shape index (κ1) is 20.3. The summed E-state index contributed by atoms with van der Waals surface area (Å²) in [6.07, 6.45) is 15.6. The van der Waals surface area contributed by atoms with Crippen LogP contribution in [0.5, 0.6) is 0 Å². The second-order valence-electron chi connectivity index (χ2n) is 12.6. The van der Waals surface area contributed by atoms with E-state index in [0.717, 1.165) is 43.4 Å². The Bertz CT molecular complexity index is 757.